The van der Waals surface area contributed by atoms with Crippen LogP contribution in [0.25, 0.3) is 0 Å². The fourth-order valence-electron chi connectivity index (χ4n) is 2.79. The SMILES string of the molecule is CCOC1(C(NN)c2cccc(Cl)c2Cl)CCOCC1. The van der Waals surface area contributed by atoms with Crippen molar-refractivity contribution in [2.45, 2.75) is 31.4 Å². The minimum atomic E-state index is -0.421. The van der Waals surface area contributed by atoms with Crippen molar-refractivity contribution in [1.29, 1.82) is 0 Å². The first-order chi connectivity index (χ1) is 9.64. The molecule has 1 aliphatic heterocycles. The van der Waals surface area contributed by atoms with E-state index in [1.807, 2.05) is 19.1 Å². The van der Waals surface area contributed by atoms with E-state index in [4.69, 9.17) is 38.5 Å². The molecule has 1 saturated heterocycles. The largest absolute Gasteiger partial charge is 0.381 e. The van der Waals surface area contributed by atoms with E-state index in [0.717, 1.165) is 18.4 Å². The average molecular weight is 319 g/mol. The summed E-state index contributed by atoms with van der Waals surface area (Å²) in [5.74, 6) is 5.80. The number of hydrogen-bond acceptors (Lipinski definition) is 4. The Bertz CT molecular complexity index is 445. The van der Waals surface area contributed by atoms with Gasteiger partial charge in [0.05, 0.1) is 21.7 Å². The average Bonchev–Trinajstić information content (AvgIpc) is 2.45. The first-order valence-corrected chi connectivity index (χ1v) is 7.52. The van der Waals surface area contributed by atoms with Gasteiger partial charge < -0.3 is 9.47 Å². The van der Waals surface area contributed by atoms with Gasteiger partial charge >= 0.3 is 0 Å². The molecule has 0 aliphatic carbocycles. The van der Waals surface area contributed by atoms with Gasteiger partial charge in [-0.05, 0) is 18.6 Å². The van der Waals surface area contributed by atoms with Gasteiger partial charge in [-0.25, -0.2) is 0 Å². The molecular weight excluding hydrogens is 299 g/mol. The molecule has 20 heavy (non-hydrogen) atoms. The minimum absolute atomic E-state index is 0.224. The van der Waals surface area contributed by atoms with Crippen molar-refractivity contribution in [1.82, 2.24) is 5.43 Å². The molecular formula is C14H20Cl2N2O2. The zero-order chi connectivity index (χ0) is 14.6. The highest BCUT2D eigenvalue weighted by Gasteiger charge is 2.42. The van der Waals surface area contributed by atoms with Crippen LogP contribution in [0.4, 0.5) is 0 Å². The molecule has 1 heterocycles. The van der Waals surface area contributed by atoms with E-state index in [2.05, 4.69) is 5.43 Å². The van der Waals surface area contributed by atoms with Crippen LogP contribution in [-0.2, 0) is 9.47 Å². The van der Waals surface area contributed by atoms with Gasteiger partial charge in [-0.3, -0.25) is 11.3 Å². The molecule has 1 aliphatic rings. The van der Waals surface area contributed by atoms with Gasteiger partial charge in [0.2, 0.25) is 0 Å². The van der Waals surface area contributed by atoms with Crippen LogP contribution in [-0.4, -0.2) is 25.4 Å². The summed E-state index contributed by atoms with van der Waals surface area (Å²) in [6.07, 6.45) is 1.52. The highest BCUT2D eigenvalue weighted by Crippen LogP contribution is 2.41. The van der Waals surface area contributed by atoms with Crippen LogP contribution in [0.1, 0.15) is 31.4 Å². The molecule has 0 radical (unpaired) electrons. The summed E-state index contributed by atoms with van der Waals surface area (Å²) in [6.45, 7) is 3.88. The molecule has 4 nitrogen and oxygen atoms in total. The van der Waals surface area contributed by atoms with E-state index in [-0.39, 0.29) is 6.04 Å². The molecule has 112 valence electrons. The quantitative estimate of drug-likeness (QED) is 0.647. The maximum Gasteiger partial charge on any atom is 0.0933 e. The second kappa shape index (κ2) is 7.07. The van der Waals surface area contributed by atoms with E-state index in [1.54, 1.807) is 6.07 Å². The van der Waals surface area contributed by atoms with E-state index in [1.165, 1.54) is 0 Å². The number of benzene rings is 1. The lowest BCUT2D eigenvalue weighted by molar-refractivity contribution is -0.128. The Morgan fingerprint density at radius 2 is 2.10 bits per heavy atom. The summed E-state index contributed by atoms with van der Waals surface area (Å²) in [6, 6.07) is 5.33. The Labute approximate surface area is 129 Å². The Kier molecular flexibility index (Phi) is 5.66. The molecule has 0 saturated carbocycles. The monoisotopic (exact) mass is 318 g/mol. The maximum atomic E-state index is 6.33. The van der Waals surface area contributed by atoms with Gasteiger partial charge in [0.1, 0.15) is 0 Å². The third-order valence-electron chi connectivity index (χ3n) is 3.76. The Balaban J connectivity index is 2.39. The number of rotatable bonds is 5. The van der Waals surface area contributed by atoms with Crippen molar-refractivity contribution in [3.8, 4) is 0 Å². The Hall–Kier alpha value is -0.360. The van der Waals surface area contributed by atoms with E-state index in [0.29, 0.717) is 29.9 Å². The standard InChI is InChI=1S/C14H20Cl2N2O2/c1-2-20-14(6-8-19-9-7-14)13(18-17)10-4-3-5-11(15)12(10)16/h3-5,13,18H,2,6-9,17H2,1H3. The van der Waals surface area contributed by atoms with Gasteiger partial charge in [0.25, 0.3) is 0 Å². The Morgan fingerprint density at radius 1 is 1.40 bits per heavy atom. The number of ether oxygens (including phenoxy) is 2. The zero-order valence-corrected chi connectivity index (χ0v) is 13.0. The number of hydrogen-bond donors (Lipinski definition) is 2. The van der Waals surface area contributed by atoms with Crippen LogP contribution in [0.3, 0.4) is 0 Å². The summed E-state index contributed by atoms with van der Waals surface area (Å²) in [5.41, 5.74) is 3.30. The van der Waals surface area contributed by atoms with E-state index < -0.39 is 5.60 Å². The number of nitrogens with one attached hydrogen (secondary N) is 1. The molecule has 3 N–H and O–H groups in total. The summed E-state index contributed by atoms with van der Waals surface area (Å²) >= 11 is 12.4. The molecule has 0 bridgehead atoms. The second-order valence-electron chi connectivity index (χ2n) is 4.85. The van der Waals surface area contributed by atoms with E-state index >= 15 is 0 Å². The van der Waals surface area contributed by atoms with Gasteiger partial charge in [0.15, 0.2) is 0 Å². The van der Waals surface area contributed by atoms with Crippen LogP contribution in [0, 0.1) is 0 Å². The maximum absolute atomic E-state index is 6.33. The summed E-state index contributed by atoms with van der Waals surface area (Å²) in [4.78, 5) is 0. The fraction of sp³-hybridized carbons (Fsp3) is 0.571. The highest BCUT2D eigenvalue weighted by molar-refractivity contribution is 6.42. The summed E-state index contributed by atoms with van der Waals surface area (Å²) in [7, 11) is 0. The van der Waals surface area contributed by atoms with Crippen LogP contribution >= 0.6 is 23.2 Å². The van der Waals surface area contributed by atoms with Crippen molar-refractivity contribution in [2.24, 2.45) is 5.84 Å². The molecule has 6 heteroatoms. The third kappa shape index (κ3) is 3.11. The fourth-order valence-corrected chi connectivity index (χ4v) is 3.21. The van der Waals surface area contributed by atoms with Crippen molar-refractivity contribution < 1.29 is 9.47 Å². The van der Waals surface area contributed by atoms with Gasteiger partial charge in [-0.2, -0.15) is 0 Å². The number of hydrazine groups is 1. The number of halogens is 2. The van der Waals surface area contributed by atoms with Crippen LogP contribution in [0.15, 0.2) is 18.2 Å². The van der Waals surface area contributed by atoms with Crippen molar-refractivity contribution in [3.05, 3.63) is 33.8 Å². The van der Waals surface area contributed by atoms with Crippen molar-refractivity contribution >= 4 is 23.2 Å². The molecule has 0 aromatic heterocycles. The number of nitrogens with two attached hydrogens (primary N) is 1. The van der Waals surface area contributed by atoms with E-state index in [9.17, 15) is 0 Å². The van der Waals surface area contributed by atoms with Crippen molar-refractivity contribution in [2.75, 3.05) is 19.8 Å². The predicted molar refractivity (Wildman–Crippen MR) is 80.9 cm³/mol. The topological polar surface area (TPSA) is 56.5 Å². The van der Waals surface area contributed by atoms with Crippen LogP contribution < -0.4 is 11.3 Å². The lowest BCUT2D eigenvalue weighted by atomic mass is 9.82. The molecule has 0 spiro atoms. The second-order valence-corrected chi connectivity index (χ2v) is 5.64. The third-order valence-corrected chi connectivity index (χ3v) is 4.59. The van der Waals surface area contributed by atoms with Gasteiger partial charge in [-0.1, -0.05) is 35.3 Å². The van der Waals surface area contributed by atoms with Crippen molar-refractivity contribution in [3.63, 3.8) is 0 Å². The first kappa shape index (κ1) is 16.0. The lowest BCUT2D eigenvalue weighted by Crippen LogP contribution is -2.51. The summed E-state index contributed by atoms with van der Waals surface area (Å²) < 4.78 is 11.5. The smallest absolute Gasteiger partial charge is 0.0933 e. The Morgan fingerprint density at radius 3 is 2.70 bits per heavy atom. The summed E-state index contributed by atoms with van der Waals surface area (Å²) in [5, 5.41) is 1.03. The molecule has 1 aromatic carbocycles. The molecule has 0 amide bonds. The molecule has 1 atom stereocenters. The first-order valence-electron chi connectivity index (χ1n) is 6.76. The van der Waals surface area contributed by atoms with Crippen LogP contribution in [0.2, 0.25) is 10.0 Å². The molecule has 2 rings (SSSR count). The normalized spacial score (nSPS) is 19.8. The minimum Gasteiger partial charge on any atom is -0.381 e. The van der Waals surface area contributed by atoms with Gasteiger partial charge in [-0.15, -0.1) is 0 Å². The lowest BCUT2D eigenvalue weighted by Gasteiger charge is -2.43. The highest BCUT2D eigenvalue weighted by atomic mass is 35.5. The molecule has 1 unspecified atom stereocenters. The zero-order valence-electron chi connectivity index (χ0n) is 11.5. The molecule has 1 fully saturated rings. The van der Waals surface area contributed by atoms with Gasteiger partial charge in [0, 0.05) is 32.7 Å². The predicted octanol–water partition coefficient (Wildman–Crippen LogP) is 3.08. The molecule has 1 aromatic rings. The van der Waals surface area contributed by atoms with Crippen LogP contribution in [0.5, 0.6) is 0 Å².